The molecule has 3 heterocycles. The average Bonchev–Trinajstić information content (AvgIpc) is 3.09. The molecule has 3 rings (SSSR count). The summed E-state index contributed by atoms with van der Waals surface area (Å²) in [6.07, 6.45) is 13.0. The summed E-state index contributed by atoms with van der Waals surface area (Å²) in [5, 5.41) is 0. The number of hydrogen-bond acceptors (Lipinski definition) is 3. The van der Waals surface area contributed by atoms with E-state index in [2.05, 4.69) is 19.5 Å². The Balaban J connectivity index is 1.80. The zero-order valence-corrected chi connectivity index (χ0v) is 9.85. The third-order valence-corrected chi connectivity index (χ3v) is 2.79. The van der Waals surface area contributed by atoms with Gasteiger partial charge in [-0.05, 0) is 12.1 Å². The highest BCUT2D eigenvalue weighted by Crippen LogP contribution is 2.15. The maximum atomic E-state index is 4.38. The van der Waals surface area contributed by atoms with E-state index in [1.165, 1.54) is 0 Å². The normalized spacial score (nSPS) is 10.7. The number of aryl methyl sites for hydroxylation is 2. The molecule has 0 saturated heterocycles. The smallest absolute Gasteiger partial charge is 0.141 e. The second-order valence-corrected chi connectivity index (χ2v) is 3.99. The third-order valence-electron chi connectivity index (χ3n) is 2.79. The van der Waals surface area contributed by atoms with Crippen LogP contribution in [-0.4, -0.2) is 24.1 Å². The van der Waals surface area contributed by atoms with Crippen molar-refractivity contribution in [3.63, 3.8) is 0 Å². The molecular formula is C13H13N5. The predicted molar refractivity (Wildman–Crippen MR) is 67.7 cm³/mol. The Bertz CT molecular complexity index is 597. The fourth-order valence-electron chi connectivity index (χ4n) is 1.89. The number of imidazole rings is 2. The van der Waals surface area contributed by atoms with Gasteiger partial charge in [-0.2, -0.15) is 0 Å². The van der Waals surface area contributed by atoms with Crippen LogP contribution in [0.1, 0.15) is 0 Å². The van der Waals surface area contributed by atoms with Gasteiger partial charge in [0.05, 0.1) is 6.33 Å². The van der Waals surface area contributed by atoms with Crippen molar-refractivity contribution in [2.45, 2.75) is 13.1 Å². The van der Waals surface area contributed by atoms with Crippen molar-refractivity contribution in [2.75, 3.05) is 0 Å². The maximum Gasteiger partial charge on any atom is 0.141 e. The van der Waals surface area contributed by atoms with Crippen molar-refractivity contribution in [3.8, 4) is 11.4 Å². The summed E-state index contributed by atoms with van der Waals surface area (Å²) in [5.41, 5.74) is 1.04. The van der Waals surface area contributed by atoms with Crippen LogP contribution < -0.4 is 0 Å². The summed E-state index contributed by atoms with van der Waals surface area (Å²) in [6.45, 7) is 1.74. The predicted octanol–water partition coefficient (Wildman–Crippen LogP) is 1.84. The van der Waals surface area contributed by atoms with Crippen molar-refractivity contribution < 1.29 is 0 Å². The Labute approximate surface area is 105 Å². The maximum absolute atomic E-state index is 4.38. The van der Waals surface area contributed by atoms with Crippen molar-refractivity contribution in [2.24, 2.45) is 0 Å². The van der Waals surface area contributed by atoms with Gasteiger partial charge in [-0.15, -0.1) is 0 Å². The minimum atomic E-state index is 0.862. The fourth-order valence-corrected chi connectivity index (χ4v) is 1.89. The summed E-state index contributed by atoms with van der Waals surface area (Å²) >= 11 is 0. The van der Waals surface area contributed by atoms with E-state index in [1.54, 1.807) is 12.4 Å². The molecule has 0 N–H and O–H groups in total. The molecule has 0 atom stereocenters. The largest absolute Gasteiger partial charge is 0.336 e. The van der Waals surface area contributed by atoms with E-state index >= 15 is 0 Å². The first-order chi connectivity index (χ1) is 8.93. The lowest BCUT2D eigenvalue weighted by molar-refractivity contribution is 0.582. The first kappa shape index (κ1) is 10.7. The summed E-state index contributed by atoms with van der Waals surface area (Å²) in [7, 11) is 0. The van der Waals surface area contributed by atoms with Gasteiger partial charge in [-0.25, -0.2) is 9.97 Å². The Morgan fingerprint density at radius 2 is 2.00 bits per heavy atom. The van der Waals surface area contributed by atoms with Crippen molar-refractivity contribution in [1.82, 2.24) is 24.1 Å². The Morgan fingerprint density at radius 1 is 1.00 bits per heavy atom. The van der Waals surface area contributed by atoms with Crippen LogP contribution in [-0.2, 0) is 13.1 Å². The van der Waals surface area contributed by atoms with E-state index in [4.69, 9.17) is 0 Å². The molecule has 0 fully saturated rings. The van der Waals surface area contributed by atoms with Crippen LogP contribution in [0.25, 0.3) is 11.4 Å². The van der Waals surface area contributed by atoms with Gasteiger partial charge in [0.2, 0.25) is 0 Å². The van der Waals surface area contributed by atoms with Crippen LogP contribution in [0.15, 0.2) is 55.6 Å². The van der Waals surface area contributed by atoms with Gasteiger partial charge < -0.3 is 9.13 Å². The fraction of sp³-hybridized carbons (Fsp3) is 0.154. The third kappa shape index (κ3) is 2.15. The van der Waals surface area contributed by atoms with E-state index in [1.807, 2.05) is 47.8 Å². The van der Waals surface area contributed by atoms with Crippen LogP contribution >= 0.6 is 0 Å². The van der Waals surface area contributed by atoms with E-state index in [9.17, 15) is 0 Å². The minimum absolute atomic E-state index is 0.862. The molecule has 0 amide bonds. The van der Waals surface area contributed by atoms with Gasteiger partial charge in [0.25, 0.3) is 0 Å². The van der Waals surface area contributed by atoms with Gasteiger partial charge in [0, 0.05) is 55.8 Å². The van der Waals surface area contributed by atoms with Crippen LogP contribution in [0.4, 0.5) is 0 Å². The molecule has 0 spiro atoms. The summed E-state index contributed by atoms with van der Waals surface area (Å²) in [4.78, 5) is 12.5. The average molecular weight is 239 g/mol. The first-order valence-electron chi connectivity index (χ1n) is 5.81. The number of aromatic nitrogens is 5. The SMILES string of the molecule is c1cncc(-c2nccn2CCn2ccnc2)c1. The second kappa shape index (κ2) is 4.83. The summed E-state index contributed by atoms with van der Waals surface area (Å²) < 4.78 is 4.17. The zero-order valence-electron chi connectivity index (χ0n) is 9.85. The van der Waals surface area contributed by atoms with Crippen LogP contribution in [0.5, 0.6) is 0 Å². The topological polar surface area (TPSA) is 48.5 Å². The standard InChI is InChI=1S/C13H13N5/c1-2-12(10-14-3-1)13-16-5-7-18(13)9-8-17-6-4-15-11-17/h1-7,10-11H,8-9H2. The van der Waals surface area contributed by atoms with Crippen molar-refractivity contribution >= 4 is 0 Å². The Kier molecular flexibility index (Phi) is 2.87. The van der Waals surface area contributed by atoms with E-state index in [-0.39, 0.29) is 0 Å². The molecule has 0 aliphatic rings. The lowest BCUT2D eigenvalue weighted by Crippen LogP contribution is -2.06. The molecule has 5 heteroatoms. The molecule has 5 nitrogen and oxygen atoms in total. The number of nitrogens with zero attached hydrogens (tertiary/aromatic N) is 5. The van der Waals surface area contributed by atoms with Crippen LogP contribution in [0.2, 0.25) is 0 Å². The van der Waals surface area contributed by atoms with Crippen LogP contribution in [0.3, 0.4) is 0 Å². The first-order valence-corrected chi connectivity index (χ1v) is 5.81. The number of pyridine rings is 1. The monoisotopic (exact) mass is 239 g/mol. The Morgan fingerprint density at radius 3 is 2.78 bits per heavy atom. The molecule has 0 aromatic carbocycles. The van der Waals surface area contributed by atoms with Crippen molar-refractivity contribution in [1.29, 1.82) is 0 Å². The minimum Gasteiger partial charge on any atom is -0.336 e. The lowest BCUT2D eigenvalue weighted by Gasteiger charge is -2.08. The lowest BCUT2D eigenvalue weighted by atomic mass is 10.3. The van der Waals surface area contributed by atoms with Gasteiger partial charge in [-0.3, -0.25) is 4.98 Å². The molecule has 0 radical (unpaired) electrons. The molecule has 3 aromatic heterocycles. The summed E-state index contributed by atoms with van der Waals surface area (Å²) in [5.74, 6) is 0.947. The highest BCUT2D eigenvalue weighted by atomic mass is 15.1. The number of hydrogen-bond donors (Lipinski definition) is 0. The summed E-state index contributed by atoms with van der Waals surface area (Å²) in [6, 6.07) is 3.94. The molecule has 0 aliphatic carbocycles. The molecule has 0 aliphatic heterocycles. The second-order valence-electron chi connectivity index (χ2n) is 3.99. The molecule has 18 heavy (non-hydrogen) atoms. The molecule has 0 saturated carbocycles. The molecule has 0 bridgehead atoms. The molecule has 0 unspecified atom stereocenters. The van der Waals surface area contributed by atoms with E-state index in [0.717, 1.165) is 24.5 Å². The molecule has 3 aromatic rings. The quantitative estimate of drug-likeness (QED) is 0.698. The highest BCUT2D eigenvalue weighted by molar-refractivity contribution is 5.53. The van der Waals surface area contributed by atoms with Gasteiger partial charge >= 0.3 is 0 Å². The highest BCUT2D eigenvalue weighted by Gasteiger charge is 2.05. The Hall–Kier alpha value is -2.43. The molecular weight excluding hydrogens is 226 g/mol. The van der Waals surface area contributed by atoms with Gasteiger partial charge in [0.1, 0.15) is 5.82 Å². The zero-order chi connectivity index (χ0) is 12.2. The van der Waals surface area contributed by atoms with Gasteiger partial charge in [0.15, 0.2) is 0 Å². The number of rotatable bonds is 4. The van der Waals surface area contributed by atoms with E-state index < -0.39 is 0 Å². The van der Waals surface area contributed by atoms with Gasteiger partial charge in [-0.1, -0.05) is 0 Å². The van der Waals surface area contributed by atoms with Crippen LogP contribution in [0, 0.1) is 0 Å². The van der Waals surface area contributed by atoms with Crippen molar-refractivity contribution in [3.05, 3.63) is 55.6 Å². The van der Waals surface area contributed by atoms with E-state index in [0.29, 0.717) is 0 Å². The molecule has 90 valence electrons.